The number of fused-ring (bicyclic) bond motifs is 1. The zero-order valence-corrected chi connectivity index (χ0v) is 15.9. The van der Waals surface area contributed by atoms with Gasteiger partial charge in [-0.15, -0.1) is 0 Å². The SMILES string of the molecule is CCCCOc1ccc(Nc2cc(C)nc3ccc(Cl)cc23)cc1.[Cl-]. The summed E-state index contributed by atoms with van der Waals surface area (Å²) in [5.74, 6) is 0.896. The predicted molar refractivity (Wildman–Crippen MR) is 102 cm³/mol. The van der Waals surface area contributed by atoms with E-state index >= 15 is 0 Å². The number of anilines is 2. The summed E-state index contributed by atoms with van der Waals surface area (Å²) in [4.78, 5) is 4.56. The molecule has 5 heteroatoms. The van der Waals surface area contributed by atoms with Gasteiger partial charge in [0.05, 0.1) is 12.1 Å². The van der Waals surface area contributed by atoms with Gasteiger partial charge in [0.25, 0.3) is 0 Å². The summed E-state index contributed by atoms with van der Waals surface area (Å²) in [6.45, 7) is 4.91. The molecule has 1 aromatic heterocycles. The molecule has 0 aliphatic heterocycles. The van der Waals surface area contributed by atoms with E-state index in [4.69, 9.17) is 16.3 Å². The number of aryl methyl sites for hydroxylation is 1. The smallest absolute Gasteiger partial charge is 0.119 e. The quantitative estimate of drug-likeness (QED) is 0.672. The largest absolute Gasteiger partial charge is 1.00 e. The summed E-state index contributed by atoms with van der Waals surface area (Å²) in [7, 11) is 0. The molecule has 1 heterocycles. The van der Waals surface area contributed by atoms with E-state index in [1.807, 2.05) is 55.5 Å². The van der Waals surface area contributed by atoms with Crippen molar-refractivity contribution in [1.29, 1.82) is 0 Å². The first-order chi connectivity index (χ1) is 11.7. The monoisotopic (exact) mass is 375 g/mol. The number of nitrogens with zero attached hydrogens (tertiary/aromatic N) is 1. The second-order valence-corrected chi connectivity index (χ2v) is 6.26. The topological polar surface area (TPSA) is 34.1 Å². The van der Waals surface area contributed by atoms with Crippen molar-refractivity contribution in [3.63, 3.8) is 0 Å². The van der Waals surface area contributed by atoms with Crippen molar-refractivity contribution in [3.05, 3.63) is 59.2 Å². The Hall–Kier alpha value is -1.97. The summed E-state index contributed by atoms with van der Waals surface area (Å²) in [5, 5.41) is 5.17. The highest BCUT2D eigenvalue weighted by atomic mass is 35.5. The molecule has 0 fully saturated rings. The molecule has 0 saturated heterocycles. The molecule has 0 spiro atoms. The molecule has 0 bridgehead atoms. The maximum atomic E-state index is 6.14. The van der Waals surface area contributed by atoms with Crippen LogP contribution in [-0.2, 0) is 0 Å². The first-order valence-electron chi connectivity index (χ1n) is 8.22. The molecule has 1 N–H and O–H groups in total. The van der Waals surface area contributed by atoms with Gasteiger partial charge >= 0.3 is 0 Å². The molecular formula is C20H21Cl2N2O-. The summed E-state index contributed by atoms with van der Waals surface area (Å²) in [6, 6.07) is 15.8. The molecule has 0 unspecified atom stereocenters. The molecule has 0 radical (unpaired) electrons. The van der Waals surface area contributed by atoms with Crippen LogP contribution in [0.4, 0.5) is 11.4 Å². The van der Waals surface area contributed by atoms with Crippen LogP contribution in [0.5, 0.6) is 5.75 Å². The highest BCUT2D eigenvalue weighted by Crippen LogP contribution is 2.29. The number of hydrogen-bond donors (Lipinski definition) is 1. The molecule has 3 aromatic rings. The second-order valence-electron chi connectivity index (χ2n) is 5.82. The Kier molecular flexibility index (Phi) is 6.91. The van der Waals surface area contributed by atoms with E-state index in [0.29, 0.717) is 5.02 Å². The molecule has 0 saturated carbocycles. The van der Waals surface area contributed by atoms with Gasteiger partial charge in [-0.05, 0) is 61.9 Å². The van der Waals surface area contributed by atoms with Crippen molar-refractivity contribution in [2.45, 2.75) is 26.7 Å². The number of hydrogen-bond acceptors (Lipinski definition) is 3. The lowest BCUT2D eigenvalue weighted by atomic mass is 10.1. The fourth-order valence-corrected chi connectivity index (χ4v) is 2.73. The molecule has 0 amide bonds. The van der Waals surface area contributed by atoms with Gasteiger partial charge in [0.2, 0.25) is 0 Å². The molecule has 132 valence electrons. The van der Waals surface area contributed by atoms with E-state index in [1.54, 1.807) is 0 Å². The van der Waals surface area contributed by atoms with Gasteiger partial charge in [0.1, 0.15) is 5.75 Å². The minimum Gasteiger partial charge on any atom is -1.00 e. The van der Waals surface area contributed by atoms with Gasteiger partial charge < -0.3 is 22.5 Å². The Morgan fingerprint density at radius 2 is 1.84 bits per heavy atom. The zero-order chi connectivity index (χ0) is 16.9. The van der Waals surface area contributed by atoms with Crippen molar-refractivity contribution < 1.29 is 17.1 Å². The Bertz CT molecular complexity index is 835. The van der Waals surface area contributed by atoms with E-state index in [1.165, 1.54) is 0 Å². The van der Waals surface area contributed by atoms with Crippen LogP contribution in [0.25, 0.3) is 10.9 Å². The third kappa shape index (κ3) is 5.00. The molecule has 2 aromatic carbocycles. The van der Waals surface area contributed by atoms with E-state index in [0.717, 1.165) is 53.2 Å². The van der Waals surface area contributed by atoms with Crippen molar-refractivity contribution in [1.82, 2.24) is 4.98 Å². The van der Waals surface area contributed by atoms with Crippen LogP contribution in [0.15, 0.2) is 48.5 Å². The maximum absolute atomic E-state index is 6.14. The zero-order valence-electron chi connectivity index (χ0n) is 14.4. The van der Waals surface area contributed by atoms with Crippen LogP contribution in [0.1, 0.15) is 25.5 Å². The molecule has 0 atom stereocenters. The van der Waals surface area contributed by atoms with Gasteiger partial charge in [-0.3, -0.25) is 4.98 Å². The number of rotatable bonds is 6. The fourth-order valence-electron chi connectivity index (χ4n) is 2.56. The Balaban J connectivity index is 0.00000225. The highest BCUT2D eigenvalue weighted by Gasteiger charge is 2.06. The number of unbranched alkanes of at least 4 members (excludes halogenated alkanes) is 1. The van der Waals surface area contributed by atoms with Gasteiger partial charge in [0.15, 0.2) is 0 Å². The lowest BCUT2D eigenvalue weighted by Crippen LogP contribution is -3.00. The van der Waals surface area contributed by atoms with Crippen molar-refractivity contribution in [3.8, 4) is 5.75 Å². The third-order valence-electron chi connectivity index (χ3n) is 3.80. The average Bonchev–Trinajstić information content (AvgIpc) is 2.57. The lowest BCUT2D eigenvalue weighted by Gasteiger charge is -2.12. The number of benzene rings is 2. The third-order valence-corrected chi connectivity index (χ3v) is 4.03. The molecule has 0 aliphatic carbocycles. The van der Waals surface area contributed by atoms with Crippen LogP contribution >= 0.6 is 11.6 Å². The predicted octanol–water partition coefficient (Wildman–Crippen LogP) is 3.12. The Morgan fingerprint density at radius 1 is 1.08 bits per heavy atom. The summed E-state index contributed by atoms with van der Waals surface area (Å²) in [5.41, 5.74) is 3.90. The van der Waals surface area contributed by atoms with Crippen LogP contribution in [-0.4, -0.2) is 11.6 Å². The lowest BCUT2D eigenvalue weighted by molar-refractivity contribution is -0.00000541. The number of nitrogens with one attached hydrogen (secondary N) is 1. The van der Waals surface area contributed by atoms with E-state index < -0.39 is 0 Å². The van der Waals surface area contributed by atoms with Gasteiger partial charge in [0, 0.05) is 27.5 Å². The first-order valence-corrected chi connectivity index (χ1v) is 8.60. The number of pyridine rings is 1. The first kappa shape index (κ1) is 19.4. The molecule has 0 aliphatic rings. The van der Waals surface area contributed by atoms with Gasteiger partial charge in [-0.1, -0.05) is 24.9 Å². The molecular weight excluding hydrogens is 355 g/mol. The number of ether oxygens (including phenoxy) is 1. The Morgan fingerprint density at radius 3 is 2.56 bits per heavy atom. The van der Waals surface area contributed by atoms with Crippen LogP contribution in [0, 0.1) is 6.92 Å². The van der Waals surface area contributed by atoms with E-state index in [2.05, 4.69) is 17.2 Å². The standard InChI is InChI=1S/C20H21ClN2O.ClH/c1-3-4-11-24-17-8-6-16(7-9-17)23-20-12-14(2)22-19-10-5-15(21)13-18(19)20;/h5-10,12-13H,3-4,11H2,1-2H3,(H,22,23);1H/p-1. The normalized spacial score (nSPS) is 10.4. The summed E-state index contributed by atoms with van der Waals surface area (Å²) < 4.78 is 5.70. The van der Waals surface area contributed by atoms with Crippen LogP contribution < -0.4 is 22.5 Å². The van der Waals surface area contributed by atoms with Crippen molar-refractivity contribution >= 4 is 33.9 Å². The van der Waals surface area contributed by atoms with E-state index in [9.17, 15) is 0 Å². The van der Waals surface area contributed by atoms with Crippen molar-refractivity contribution in [2.24, 2.45) is 0 Å². The second kappa shape index (κ2) is 8.93. The van der Waals surface area contributed by atoms with Gasteiger partial charge in [-0.25, -0.2) is 0 Å². The number of halogens is 2. The van der Waals surface area contributed by atoms with E-state index in [-0.39, 0.29) is 12.4 Å². The molecule has 25 heavy (non-hydrogen) atoms. The van der Waals surface area contributed by atoms with Crippen molar-refractivity contribution in [2.75, 3.05) is 11.9 Å². The average molecular weight is 376 g/mol. The van der Waals surface area contributed by atoms with Crippen LogP contribution in [0.3, 0.4) is 0 Å². The van der Waals surface area contributed by atoms with Crippen LogP contribution in [0.2, 0.25) is 5.02 Å². The minimum atomic E-state index is 0. The Labute approximate surface area is 159 Å². The molecule has 3 rings (SSSR count). The maximum Gasteiger partial charge on any atom is 0.119 e. The highest BCUT2D eigenvalue weighted by molar-refractivity contribution is 6.31. The fraction of sp³-hybridized carbons (Fsp3) is 0.250. The summed E-state index contributed by atoms with van der Waals surface area (Å²) in [6.07, 6.45) is 2.21. The summed E-state index contributed by atoms with van der Waals surface area (Å²) >= 11 is 6.14. The van der Waals surface area contributed by atoms with Gasteiger partial charge in [-0.2, -0.15) is 0 Å². The minimum absolute atomic E-state index is 0. The molecule has 3 nitrogen and oxygen atoms in total. The number of aromatic nitrogens is 1.